The molecule has 3 aromatic rings. The molecular weight excluding hydrogens is 396 g/mol. The lowest BCUT2D eigenvalue weighted by Crippen LogP contribution is -2.27. The molecule has 1 aliphatic rings. The number of hydrogen-bond donors (Lipinski definition) is 0. The fourth-order valence-corrected chi connectivity index (χ4v) is 4.89. The second kappa shape index (κ2) is 7.65. The molecule has 1 fully saturated rings. The molecule has 2 heterocycles. The SMILES string of the molecule is Cc1ccc(-n2c(C)cc(/C=C3/SC(=S)N(c4ccccc4)C3=O)c2C)cc1C. The fraction of sp³-hybridized carbons (Fsp3) is 0.167. The summed E-state index contributed by atoms with van der Waals surface area (Å²) in [7, 11) is 0. The smallest absolute Gasteiger partial charge is 0.270 e. The molecule has 0 unspecified atom stereocenters. The van der Waals surface area contributed by atoms with Gasteiger partial charge in [-0.15, -0.1) is 0 Å². The predicted octanol–water partition coefficient (Wildman–Crippen LogP) is 6.12. The number of carbonyl (C=O) groups excluding carboxylic acids is 1. The molecule has 146 valence electrons. The van der Waals surface area contributed by atoms with E-state index in [9.17, 15) is 4.79 Å². The molecule has 0 bridgehead atoms. The van der Waals surface area contributed by atoms with Crippen LogP contribution in [0.5, 0.6) is 0 Å². The first-order valence-electron chi connectivity index (χ1n) is 9.46. The summed E-state index contributed by atoms with van der Waals surface area (Å²) in [5.41, 5.74) is 7.76. The molecule has 1 saturated heterocycles. The Kier molecular flexibility index (Phi) is 5.19. The van der Waals surface area contributed by atoms with Crippen LogP contribution < -0.4 is 4.90 Å². The Labute approximate surface area is 181 Å². The van der Waals surface area contributed by atoms with Gasteiger partial charge >= 0.3 is 0 Å². The number of thioether (sulfide) groups is 1. The van der Waals surface area contributed by atoms with E-state index in [1.54, 1.807) is 4.90 Å². The number of aromatic nitrogens is 1. The molecule has 3 nitrogen and oxygen atoms in total. The summed E-state index contributed by atoms with van der Waals surface area (Å²) in [6.07, 6.45) is 1.96. The summed E-state index contributed by atoms with van der Waals surface area (Å²) in [4.78, 5) is 15.3. The molecule has 0 aliphatic carbocycles. The van der Waals surface area contributed by atoms with E-state index in [2.05, 4.69) is 56.5 Å². The number of carbonyl (C=O) groups is 1. The van der Waals surface area contributed by atoms with E-state index in [-0.39, 0.29) is 5.91 Å². The standard InChI is InChI=1S/C24H22N2OS2/c1-15-10-11-21(12-16(15)2)25-17(3)13-19(18(25)4)14-22-23(27)26(24(28)29-22)20-8-6-5-7-9-20/h5-14H,1-4H3/b22-14+. The van der Waals surface area contributed by atoms with Gasteiger partial charge in [0.25, 0.3) is 5.91 Å². The predicted molar refractivity (Wildman–Crippen MR) is 127 cm³/mol. The largest absolute Gasteiger partial charge is 0.318 e. The van der Waals surface area contributed by atoms with Crippen molar-refractivity contribution < 1.29 is 4.79 Å². The maximum absolute atomic E-state index is 13.0. The van der Waals surface area contributed by atoms with Crippen molar-refractivity contribution >= 4 is 46.0 Å². The number of amides is 1. The van der Waals surface area contributed by atoms with Gasteiger partial charge in [0.05, 0.1) is 10.6 Å². The Morgan fingerprint density at radius 2 is 1.62 bits per heavy atom. The minimum atomic E-state index is -0.0674. The minimum Gasteiger partial charge on any atom is -0.318 e. The van der Waals surface area contributed by atoms with Crippen molar-refractivity contribution in [2.45, 2.75) is 27.7 Å². The van der Waals surface area contributed by atoms with Crippen molar-refractivity contribution in [3.8, 4) is 5.69 Å². The lowest BCUT2D eigenvalue weighted by molar-refractivity contribution is -0.113. The quantitative estimate of drug-likeness (QED) is 0.379. The van der Waals surface area contributed by atoms with Gasteiger partial charge < -0.3 is 4.57 Å². The maximum atomic E-state index is 13.0. The van der Waals surface area contributed by atoms with Crippen molar-refractivity contribution in [2.75, 3.05) is 4.90 Å². The van der Waals surface area contributed by atoms with Crippen LogP contribution >= 0.6 is 24.0 Å². The number of aryl methyl sites for hydroxylation is 3. The number of para-hydroxylation sites is 1. The molecule has 29 heavy (non-hydrogen) atoms. The average molecular weight is 419 g/mol. The van der Waals surface area contributed by atoms with E-state index in [4.69, 9.17) is 12.2 Å². The zero-order valence-corrected chi connectivity index (χ0v) is 18.5. The Hall–Kier alpha value is -2.63. The Bertz CT molecular complexity index is 1160. The van der Waals surface area contributed by atoms with Crippen LogP contribution in [-0.4, -0.2) is 14.8 Å². The highest BCUT2D eigenvalue weighted by atomic mass is 32.2. The van der Waals surface area contributed by atoms with Crippen LogP contribution in [0.25, 0.3) is 11.8 Å². The van der Waals surface area contributed by atoms with Crippen molar-refractivity contribution in [1.29, 1.82) is 0 Å². The zero-order chi connectivity index (χ0) is 20.7. The Morgan fingerprint density at radius 1 is 0.897 bits per heavy atom. The Morgan fingerprint density at radius 3 is 2.31 bits per heavy atom. The van der Waals surface area contributed by atoms with Crippen LogP contribution in [0.1, 0.15) is 28.1 Å². The third-order valence-corrected chi connectivity index (χ3v) is 6.62. The molecule has 0 N–H and O–H groups in total. The van der Waals surface area contributed by atoms with E-state index in [0.717, 1.165) is 28.3 Å². The summed E-state index contributed by atoms with van der Waals surface area (Å²) < 4.78 is 2.80. The van der Waals surface area contributed by atoms with E-state index < -0.39 is 0 Å². The van der Waals surface area contributed by atoms with Crippen LogP contribution in [-0.2, 0) is 4.79 Å². The molecule has 0 saturated carbocycles. The van der Waals surface area contributed by atoms with Crippen LogP contribution in [0.2, 0.25) is 0 Å². The first-order valence-corrected chi connectivity index (χ1v) is 10.7. The van der Waals surface area contributed by atoms with Gasteiger partial charge in [-0.3, -0.25) is 9.69 Å². The van der Waals surface area contributed by atoms with Gasteiger partial charge in [-0.1, -0.05) is 48.2 Å². The highest BCUT2D eigenvalue weighted by Gasteiger charge is 2.33. The molecule has 0 atom stereocenters. The number of rotatable bonds is 3. The molecule has 2 aromatic carbocycles. The number of thiocarbonyl (C=S) groups is 1. The molecule has 0 spiro atoms. The van der Waals surface area contributed by atoms with Gasteiger partial charge in [-0.05, 0) is 80.8 Å². The molecular formula is C24H22N2OS2. The first kappa shape index (κ1) is 19.7. The van der Waals surface area contributed by atoms with Crippen LogP contribution in [0.3, 0.4) is 0 Å². The van der Waals surface area contributed by atoms with E-state index in [1.165, 1.54) is 22.9 Å². The minimum absolute atomic E-state index is 0.0674. The molecule has 4 rings (SSSR count). The topological polar surface area (TPSA) is 25.2 Å². The normalized spacial score (nSPS) is 15.6. The number of benzene rings is 2. The van der Waals surface area contributed by atoms with E-state index >= 15 is 0 Å². The molecule has 1 amide bonds. The van der Waals surface area contributed by atoms with Gasteiger partial charge in [0.1, 0.15) is 0 Å². The number of nitrogens with zero attached hydrogens (tertiary/aromatic N) is 2. The van der Waals surface area contributed by atoms with Crippen molar-refractivity contribution in [3.05, 3.63) is 87.6 Å². The fourth-order valence-electron chi connectivity index (χ4n) is 3.60. The molecule has 0 radical (unpaired) electrons. The molecule has 1 aromatic heterocycles. The van der Waals surface area contributed by atoms with Crippen molar-refractivity contribution in [1.82, 2.24) is 4.57 Å². The van der Waals surface area contributed by atoms with Gasteiger partial charge in [-0.25, -0.2) is 0 Å². The highest BCUT2D eigenvalue weighted by Crippen LogP contribution is 2.36. The van der Waals surface area contributed by atoms with E-state index in [1.807, 2.05) is 36.4 Å². The van der Waals surface area contributed by atoms with E-state index in [0.29, 0.717) is 9.23 Å². The van der Waals surface area contributed by atoms with Crippen LogP contribution in [0.4, 0.5) is 5.69 Å². The summed E-state index contributed by atoms with van der Waals surface area (Å²) in [6.45, 7) is 8.43. The maximum Gasteiger partial charge on any atom is 0.270 e. The zero-order valence-electron chi connectivity index (χ0n) is 16.9. The summed E-state index contributed by atoms with van der Waals surface area (Å²) >= 11 is 6.84. The summed E-state index contributed by atoms with van der Waals surface area (Å²) in [5.74, 6) is -0.0674. The third-order valence-electron chi connectivity index (χ3n) is 5.31. The monoisotopic (exact) mass is 418 g/mol. The highest BCUT2D eigenvalue weighted by molar-refractivity contribution is 8.27. The van der Waals surface area contributed by atoms with Gasteiger partial charge in [-0.2, -0.15) is 0 Å². The summed E-state index contributed by atoms with van der Waals surface area (Å²) in [5, 5.41) is 0. The Balaban J connectivity index is 1.71. The van der Waals surface area contributed by atoms with Gasteiger partial charge in [0.15, 0.2) is 4.32 Å². The van der Waals surface area contributed by atoms with Crippen LogP contribution in [0.15, 0.2) is 59.5 Å². The van der Waals surface area contributed by atoms with Gasteiger partial charge in [0, 0.05) is 17.1 Å². The third kappa shape index (κ3) is 3.56. The van der Waals surface area contributed by atoms with Crippen molar-refractivity contribution in [2.24, 2.45) is 0 Å². The molecule has 5 heteroatoms. The van der Waals surface area contributed by atoms with Gasteiger partial charge in [0.2, 0.25) is 0 Å². The number of anilines is 1. The van der Waals surface area contributed by atoms with Crippen molar-refractivity contribution in [3.63, 3.8) is 0 Å². The van der Waals surface area contributed by atoms with Crippen LogP contribution in [0, 0.1) is 27.7 Å². The summed E-state index contributed by atoms with van der Waals surface area (Å²) in [6, 6.07) is 18.2. The average Bonchev–Trinajstić information content (AvgIpc) is 3.13. The molecule has 1 aliphatic heterocycles. The second-order valence-corrected chi connectivity index (χ2v) is 8.96. The number of hydrogen-bond acceptors (Lipinski definition) is 3. The second-order valence-electron chi connectivity index (χ2n) is 7.28. The lowest BCUT2D eigenvalue weighted by Gasteiger charge is -2.13. The first-order chi connectivity index (χ1) is 13.9. The lowest BCUT2D eigenvalue weighted by atomic mass is 10.1.